The highest BCUT2D eigenvalue weighted by Gasteiger charge is 2.30. The van der Waals surface area contributed by atoms with Crippen LogP contribution in [0.5, 0.6) is 5.75 Å². The maximum atomic E-state index is 14.2. The summed E-state index contributed by atoms with van der Waals surface area (Å²) in [5.74, 6) is -2.04. The largest absolute Gasteiger partial charge is 0.482 e. The number of ether oxygens (including phenoxy) is 1. The fourth-order valence-corrected chi connectivity index (χ4v) is 4.12. The first-order valence-electron chi connectivity index (χ1n) is 10.8. The Morgan fingerprint density at radius 2 is 1.97 bits per heavy atom. The Balaban J connectivity index is 1.58. The number of aromatic amines is 1. The Kier molecular flexibility index (Phi) is 5.94. The summed E-state index contributed by atoms with van der Waals surface area (Å²) in [7, 11) is 0. The second kappa shape index (κ2) is 9.12. The van der Waals surface area contributed by atoms with Crippen molar-refractivity contribution in [2.75, 3.05) is 11.5 Å². The van der Waals surface area contributed by atoms with Crippen molar-refractivity contribution in [2.45, 2.75) is 25.6 Å². The molecule has 1 amide bonds. The van der Waals surface area contributed by atoms with Crippen LogP contribution in [0, 0.1) is 23.0 Å². The SMILES string of the molecule is N#Cc1c(CCC(F)(F)F)nc2[nH]ncc2c1-c1ccc2c(c1)OCC(=O)N2Cc1ncc(F)cc1F. The molecule has 1 N–H and O–H groups in total. The highest BCUT2D eigenvalue weighted by molar-refractivity contribution is 6.00. The number of aromatic nitrogens is 4. The van der Waals surface area contributed by atoms with Crippen LogP contribution in [0.4, 0.5) is 27.6 Å². The van der Waals surface area contributed by atoms with Crippen LogP contribution in [-0.4, -0.2) is 38.9 Å². The number of H-pyrrole nitrogens is 1. The van der Waals surface area contributed by atoms with Gasteiger partial charge in [-0.05, 0) is 24.1 Å². The van der Waals surface area contributed by atoms with E-state index in [1.54, 1.807) is 6.07 Å². The van der Waals surface area contributed by atoms with Gasteiger partial charge in [-0.15, -0.1) is 0 Å². The number of rotatable bonds is 5. The zero-order valence-electron chi connectivity index (χ0n) is 18.7. The van der Waals surface area contributed by atoms with Gasteiger partial charge in [0.05, 0.1) is 41.6 Å². The molecule has 0 bridgehead atoms. The van der Waals surface area contributed by atoms with Gasteiger partial charge >= 0.3 is 6.18 Å². The van der Waals surface area contributed by atoms with E-state index in [0.29, 0.717) is 22.6 Å². The van der Waals surface area contributed by atoms with Crippen molar-refractivity contribution in [2.24, 2.45) is 0 Å². The smallest absolute Gasteiger partial charge is 0.389 e. The third kappa shape index (κ3) is 4.65. The molecule has 8 nitrogen and oxygen atoms in total. The Morgan fingerprint density at radius 3 is 2.70 bits per heavy atom. The first-order valence-corrected chi connectivity index (χ1v) is 10.8. The number of carbonyl (C=O) groups is 1. The number of alkyl halides is 3. The van der Waals surface area contributed by atoms with Crippen molar-refractivity contribution in [3.05, 3.63) is 65.2 Å². The van der Waals surface area contributed by atoms with Crippen molar-refractivity contribution in [1.82, 2.24) is 20.2 Å². The summed E-state index contributed by atoms with van der Waals surface area (Å²) >= 11 is 0. The number of benzene rings is 1. The lowest BCUT2D eigenvalue weighted by atomic mass is 9.94. The summed E-state index contributed by atoms with van der Waals surface area (Å²) in [6, 6.07) is 7.21. The number of nitrogens with zero attached hydrogens (tertiary/aromatic N) is 5. The molecule has 1 aliphatic rings. The van der Waals surface area contributed by atoms with Crippen LogP contribution < -0.4 is 9.64 Å². The third-order valence-corrected chi connectivity index (χ3v) is 5.81. The molecular formula is C24H15F5N6O2. The highest BCUT2D eigenvalue weighted by atomic mass is 19.4. The number of nitriles is 1. The maximum absolute atomic E-state index is 14.2. The van der Waals surface area contributed by atoms with E-state index in [1.807, 2.05) is 6.07 Å². The normalized spacial score (nSPS) is 13.4. The van der Waals surface area contributed by atoms with Gasteiger partial charge in [0.25, 0.3) is 5.91 Å². The van der Waals surface area contributed by atoms with Crippen molar-refractivity contribution in [3.63, 3.8) is 0 Å². The minimum Gasteiger partial charge on any atom is -0.482 e. The van der Waals surface area contributed by atoms with Gasteiger partial charge in [-0.1, -0.05) is 6.07 Å². The molecule has 13 heteroatoms. The van der Waals surface area contributed by atoms with Crippen LogP contribution in [0.25, 0.3) is 22.2 Å². The molecule has 4 aromatic rings. The number of nitrogens with one attached hydrogen (secondary N) is 1. The first-order chi connectivity index (χ1) is 17.6. The Hall–Kier alpha value is -4.60. The van der Waals surface area contributed by atoms with Gasteiger partial charge in [-0.2, -0.15) is 23.5 Å². The van der Waals surface area contributed by atoms with Crippen LogP contribution in [0.3, 0.4) is 0 Å². The highest BCUT2D eigenvalue weighted by Crippen LogP contribution is 2.40. The summed E-state index contributed by atoms with van der Waals surface area (Å²) < 4.78 is 71.6. The molecule has 0 radical (unpaired) electrons. The van der Waals surface area contributed by atoms with Crippen LogP contribution in [0.15, 0.2) is 36.7 Å². The average molecular weight is 514 g/mol. The van der Waals surface area contributed by atoms with Crippen LogP contribution in [-0.2, 0) is 17.8 Å². The number of carbonyl (C=O) groups excluding carboxylic acids is 1. The van der Waals surface area contributed by atoms with Crippen molar-refractivity contribution < 1.29 is 31.5 Å². The Labute approximate surface area is 205 Å². The quantitative estimate of drug-likeness (QED) is 0.391. The van der Waals surface area contributed by atoms with Crippen molar-refractivity contribution in [1.29, 1.82) is 5.26 Å². The Morgan fingerprint density at radius 1 is 1.16 bits per heavy atom. The van der Waals surface area contributed by atoms with E-state index in [-0.39, 0.29) is 47.2 Å². The number of hydrogen-bond acceptors (Lipinski definition) is 6. The summed E-state index contributed by atoms with van der Waals surface area (Å²) in [6.45, 7) is -0.661. The summed E-state index contributed by atoms with van der Waals surface area (Å²) in [6.07, 6.45) is -3.86. The topological polar surface area (TPSA) is 108 Å². The minimum absolute atomic E-state index is 0.0418. The molecule has 0 aliphatic carbocycles. The van der Waals surface area contributed by atoms with Gasteiger partial charge in [0.15, 0.2) is 12.3 Å². The van der Waals surface area contributed by atoms with Gasteiger partial charge in [0.1, 0.15) is 23.5 Å². The Bertz CT molecular complexity index is 1580. The molecule has 1 aromatic carbocycles. The zero-order valence-corrected chi connectivity index (χ0v) is 18.7. The summed E-state index contributed by atoms with van der Waals surface area (Å²) in [5, 5.41) is 16.8. The molecule has 0 atom stereocenters. The van der Waals surface area contributed by atoms with E-state index < -0.39 is 36.6 Å². The van der Waals surface area contributed by atoms with Crippen molar-refractivity contribution in [3.8, 4) is 22.9 Å². The maximum Gasteiger partial charge on any atom is 0.389 e. The number of pyridine rings is 2. The third-order valence-electron chi connectivity index (χ3n) is 5.81. The van der Waals surface area contributed by atoms with Gasteiger partial charge in [-0.25, -0.2) is 13.8 Å². The molecule has 0 saturated heterocycles. The van der Waals surface area contributed by atoms with Gasteiger partial charge < -0.3 is 4.74 Å². The van der Waals surface area contributed by atoms with Gasteiger partial charge in [-0.3, -0.25) is 19.8 Å². The molecule has 1 aliphatic heterocycles. The molecule has 0 fully saturated rings. The van der Waals surface area contributed by atoms with Gasteiger partial charge in [0, 0.05) is 23.4 Å². The number of aryl methyl sites for hydroxylation is 1. The number of amides is 1. The lowest BCUT2D eigenvalue weighted by Gasteiger charge is -2.29. The zero-order chi connectivity index (χ0) is 26.3. The monoisotopic (exact) mass is 514 g/mol. The van der Waals surface area contributed by atoms with E-state index in [9.17, 15) is 32.0 Å². The second-order valence-corrected chi connectivity index (χ2v) is 8.20. The molecule has 188 valence electrons. The first kappa shape index (κ1) is 24.1. The van der Waals surface area contributed by atoms with Gasteiger partial charge in [0.2, 0.25) is 0 Å². The average Bonchev–Trinajstić information content (AvgIpc) is 3.32. The molecule has 4 heterocycles. The number of hydrogen-bond donors (Lipinski definition) is 1. The van der Waals surface area contributed by atoms with E-state index in [0.717, 1.165) is 6.20 Å². The fourth-order valence-electron chi connectivity index (χ4n) is 4.12. The number of halogens is 5. The molecule has 0 spiro atoms. The molecule has 0 unspecified atom stereocenters. The molecule has 0 saturated carbocycles. The lowest BCUT2D eigenvalue weighted by Crippen LogP contribution is -2.38. The van der Waals surface area contributed by atoms with Crippen LogP contribution in [0.1, 0.15) is 23.4 Å². The second-order valence-electron chi connectivity index (χ2n) is 8.20. The van der Waals surface area contributed by atoms with Crippen LogP contribution >= 0.6 is 0 Å². The van der Waals surface area contributed by atoms with E-state index in [2.05, 4.69) is 20.2 Å². The molecule has 5 rings (SSSR count). The minimum atomic E-state index is -4.44. The van der Waals surface area contributed by atoms with Crippen LogP contribution in [0.2, 0.25) is 0 Å². The number of anilines is 1. The number of fused-ring (bicyclic) bond motifs is 2. The predicted octanol–water partition coefficient (Wildman–Crippen LogP) is 4.59. The van der Waals surface area contributed by atoms with E-state index in [1.165, 1.54) is 23.2 Å². The summed E-state index contributed by atoms with van der Waals surface area (Å²) in [5.41, 5.74) is 0.969. The fraction of sp³-hybridized carbons (Fsp3) is 0.208. The lowest BCUT2D eigenvalue weighted by molar-refractivity contribution is -0.134. The standard InChI is InChI=1S/C24H15F5N6O2/c25-13-6-16(26)18(31-8-13)10-35-19-2-1-12(5-20(19)37-11-21(35)36)22-14(7-30)17(3-4-24(27,28)29)33-23-15(22)9-32-34-23/h1-2,5-6,8-9H,3-4,10-11H2,(H,32,33,34). The molecular weight excluding hydrogens is 499 g/mol. The van der Waals surface area contributed by atoms with E-state index in [4.69, 9.17) is 4.74 Å². The molecule has 37 heavy (non-hydrogen) atoms. The predicted molar refractivity (Wildman–Crippen MR) is 119 cm³/mol. The summed E-state index contributed by atoms with van der Waals surface area (Å²) in [4.78, 5) is 21.7. The van der Waals surface area contributed by atoms with Crippen molar-refractivity contribution >= 4 is 22.6 Å². The molecule has 3 aromatic heterocycles. The van der Waals surface area contributed by atoms with E-state index >= 15 is 0 Å².